The number of carbonyl (C=O) groups is 3. The average molecular weight is 569 g/mol. The fourth-order valence-electron chi connectivity index (χ4n) is 5.43. The Balaban J connectivity index is 1.57. The monoisotopic (exact) mass is 568 g/mol. The highest BCUT2D eigenvalue weighted by Gasteiger charge is 2.51. The Morgan fingerprint density at radius 2 is 2.00 bits per heavy atom. The highest BCUT2D eigenvalue weighted by Crippen LogP contribution is 2.51. The number of nitrogens with one attached hydrogen (secondary N) is 1. The summed E-state index contributed by atoms with van der Waals surface area (Å²) in [5, 5.41) is 23.7. The molecule has 218 valence electrons. The topological polar surface area (TPSA) is 153 Å². The zero-order chi connectivity index (χ0) is 29.1. The van der Waals surface area contributed by atoms with Gasteiger partial charge in [-0.2, -0.15) is 0 Å². The van der Waals surface area contributed by atoms with Crippen LogP contribution in [-0.2, 0) is 20.9 Å². The Kier molecular flexibility index (Phi) is 8.43. The number of nitrogens with zero attached hydrogens (tertiary/aromatic N) is 1. The molecule has 2 amide bonds. The normalized spacial score (nSPS) is 21.7. The van der Waals surface area contributed by atoms with E-state index in [0.29, 0.717) is 46.8 Å². The van der Waals surface area contributed by atoms with Gasteiger partial charge in [0.25, 0.3) is 0 Å². The molecule has 0 spiro atoms. The van der Waals surface area contributed by atoms with Gasteiger partial charge in [-0.05, 0) is 42.8 Å². The number of rotatable bonds is 11. The van der Waals surface area contributed by atoms with E-state index in [1.54, 1.807) is 37.3 Å². The minimum Gasteiger partial charge on any atom is -0.493 e. The lowest BCUT2D eigenvalue weighted by molar-refractivity contribution is -0.142. The lowest BCUT2D eigenvalue weighted by atomic mass is 9.77. The van der Waals surface area contributed by atoms with E-state index in [9.17, 15) is 24.6 Å². The Hall–Kier alpha value is -4.13. The number of benzene rings is 2. The summed E-state index contributed by atoms with van der Waals surface area (Å²) in [5.74, 6) is 0.0337. The van der Waals surface area contributed by atoms with Gasteiger partial charge in [-0.25, -0.2) is 0 Å². The molecule has 2 aromatic rings. The van der Waals surface area contributed by atoms with Gasteiger partial charge in [0.1, 0.15) is 25.1 Å². The van der Waals surface area contributed by atoms with Crippen molar-refractivity contribution in [2.45, 2.75) is 37.6 Å². The van der Waals surface area contributed by atoms with Crippen molar-refractivity contribution in [2.24, 2.45) is 0 Å². The smallest absolute Gasteiger partial charge is 0.249 e. The van der Waals surface area contributed by atoms with Crippen LogP contribution in [0.2, 0.25) is 0 Å². The zero-order valence-electron chi connectivity index (χ0n) is 22.7. The van der Waals surface area contributed by atoms with Gasteiger partial charge in [0.15, 0.2) is 23.0 Å². The summed E-state index contributed by atoms with van der Waals surface area (Å²) >= 11 is 0. The molecule has 0 aromatic heterocycles. The fraction of sp³-hybridized carbons (Fsp3) is 0.414. The number of fused-ring (bicyclic) bond motifs is 4. The van der Waals surface area contributed by atoms with E-state index in [-0.39, 0.29) is 44.4 Å². The maximum absolute atomic E-state index is 13.5. The van der Waals surface area contributed by atoms with Crippen LogP contribution in [0.3, 0.4) is 0 Å². The molecule has 1 aliphatic carbocycles. The van der Waals surface area contributed by atoms with Crippen molar-refractivity contribution < 1.29 is 48.3 Å². The quantitative estimate of drug-likeness (QED) is 0.334. The van der Waals surface area contributed by atoms with E-state index in [2.05, 4.69) is 5.32 Å². The van der Waals surface area contributed by atoms with Gasteiger partial charge in [0.05, 0.1) is 25.7 Å². The molecule has 0 saturated carbocycles. The van der Waals surface area contributed by atoms with Crippen molar-refractivity contribution in [3.05, 3.63) is 58.7 Å². The van der Waals surface area contributed by atoms with Crippen LogP contribution in [0.4, 0.5) is 0 Å². The second-order valence-corrected chi connectivity index (χ2v) is 9.75. The third-order valence-electron chi connectivity index (χ3n) is 7.31. The molecule has 0 fully saturated rings. The number of aliphatic hydroxyl groups is 2. The van der Waals surface area contributed by atoms with Crippen LogP contribution in [0.25, 0.3) is 0 Å². The van der Waals surface area contributed by atoms with Crippen LogP contribution in [0, 0.1) is 0 Å². The average Bonchev–Trinajstić information content (AvgIpc) is 3.62. The number of aldehydes is 1. The minimum atomic E-state index is -1.27. The number of hydrogen-bond donors (Lipinski definition) is 3. The lowest BCUT2D eigenvalue weighted by Crippen LogP contribution is -2.56. The summed E-state index contributed by atoms with van der Waals surface area (Å²) in [6, 6.07) is 7.41. The van der Waals surface area contributed by atoms with Gasteiger partial charge >= 0.3 is 0 Å². The predicted octanol–water partition coefficient (Wildman–Crippen LogP) is 0.924. The second-order valence-electron chi connectivity index (χ2n) is 9.75. The van der Waals surface area contributed by atoms with Crippen molar-refractivity contribution in [2.75, 3.05) is 40.3 Å². The van der Waals surface area contributed by atoms with Gasteiger partial charge in [-0.3, -0.25) is 14.4 Å². The SMILES string of the molecule is CCOCC(=O)N(Cc1ccc2c(c1)OCO2)C1C=C(C(=O)NCCO)C2c3cc(C=O)cc(OC)c3OC2C1O. The van der Waals surface area contributed by atoms with Crippen molar-refractivity contribution in [1.29, 1.82) is 0 Å². The van der Waals surface area contributed by atoms with Crippen molar-refractivity contribution in [3.63, 3.8) is 0 Å². The van der Waals surface area contributed by atoms with Crippen LogP contribution in [0.15, 0.2) is 42.0 Å². The molecule has 5 rings (SSSR count). The molecule has 0 saturated heterocycles. The number of hydrogen-bond acceptors (Lipinski definition) is 10. The first-order valence-corrected chi connectivity index (χ1v) is 13.3. The first kappa shape index (κ1) is 28.4. The first-order chi connectivity index (χ1) is 19.9. The number of amides is 2. The van der Waals surface area contributed by atoms with Gasteiger partial charge in [-0.1, -0.05) is 6.07 Å². The van der Waals surface area contributed by atoms with Gasteiger partial charge in [0, 0.05) is 36.4 Å². The first-order valence-electron chi connectivity index (χ1n) is 13.3. The molecule has 2 aromatic carbocycles. The second kappa shape index (κ2) is 12.2. The molecule has 2 heterocycles. The molecule has 12 heteroatoms. The maximum atomic E-state index is 13.5. The Morgan fingerprint density at radius 1 is 1.20 bits per heavy atom. The molecule has 3 N–H and O–H groups in total. The highest BCUT2D eigenvalue weighted by molar-refractivity contribution is 5.96. The standard InChI is InChI=1S/C29H32N2O10/c1-3-38-14-24(34)31(12-16-4-5-21-22(9-16)40-15-39-21)20-11-19(29(36)30-6-7-32)25-18-8-17(13-33)10-23(37-2)27(18)41-28(25)26(20)35/h4-5,8-11,13,20,25-26,28,32,35H,3,6-7,12,14-15H2,1-2H3,(H,30,36). The van der Waals surface area contributed by atoms with Crippen LogP contribution < -0.4 is 24.3 Å². The van der Waals surface area contributed by atoms with Gasteiger partial charge < -0.3 is 44.1 Å². The summed E-state index contributed by atoms with van der Waals surface area (Å²) in [7, 11) is 1.43. The van der Waals surface area contributed by atoms with Crippen LogP contribution in [0.1, 0.15) is 34.3 Å². The van der Waals surface area contributed by atoms with Crippen molar-refractivity contribution >= 4 is 18.1 Å². The molecule has 4 atom stereocenters. The van der Waals surface area contributed by atoms with E-state index < -0.39 is 36.0 Å². The molecule has 3 aliphatic rings. The number of methoxy groups -OCH3 is 1. The highest BCUT2D eigenvalue weighted by atomic mass is 16.7. The van der Waals surface area contributed by atoms with E-state index in [1.165, 1.54) is 18.1 Å². The molecule has 0 radical (unpaired) electrons. The van der Waals surface area contributed by atoms with Gasteiger partial charge in [0.2, 0.25) is 18.6 Å². The van der Waals surface area contributed by atoms with E-state index in [0.717, 1.165) is 0 Å². The minimum absolute atomic E-state index is 0.00360. The van der Waals surface area contributed by atoms with Gasteiger partial charge in [-0.15, -0.1) is 0 Å². The van der Waals surface area contributed by atoms with Crippen LogP contribution in [-0.4, -0.2) is 91.7 Å². The number of carbonyl (C=O) groups excluding carboxylic acids is 3. The third kappa shape index (κ3) is 5.45. The van der Waals surface area contributed by atoms with Crippen molar-refractivity contribution in [3.8, 4) is 23.0 Å². The van der Waals surface area contributed by atoms with E-state index in [4.69, 9.17) is 23.7 Å². The van der Waals surface area contributed by atoms with E-state index >= 15 is 0 Å². The molecule has 2 aliphatic heterocycles. The summed E-state index contributed by atoms with van der Waals surface area (Å²) in [4.78, 5) is 40.0. The zero-order valence-corrected chi connectivity index (χ0v) is 22.7. The molecule has 4 unspecified atom stereocenters. The molecular formula is C29H32N2O10. The summed E-state index contributed by atoms with van der Waals surface area (Å²) < 4.78 is 28.0. The predicted molar refractivity (Wildman–Crippen MR) is 143 cm³/mol. The summed E-state index contributed by atoms with van der Waals surface area (Å²) in [5.41, 5.74) is 1.75. The lowest BCUT2D eigenvalue weighted by Gasteiger charge is -2.40. The Labute approximate surface area is 236 Å². The Morgan fingerprint density at radius 3 is 2.73 bits per heavy atom. The molecule has 0 bridgehead atoms. The maximum Gasteiger partial charge on any atom is 0.249 e. The fourth-order valence-corrected chi connectivity index (χ4v) is 5.43. The summed E-state index contributed by atoms with van der Waals surface area (Å²) in [6.07, 6.45) is -0.0450. The van der Waals surface area contributed by atoms with Crippen LogP contribution >= 0.6 is 0 Å². The van der Waals surface area contributed by atoms with Crippen LogP contribution in [0.5, 0.6) is 23.0 Å². The van der Waals surface area contributed by atoms with E-state index in [1.807, 2.05) is 0 Å². The molecule has 12 nitrogen and oxygen atoms in total. The largest absolute Gasteiger partial charge is 0.493 e. The molecular weight excluding hydrogens is 536 g/mol. The third-order valence-corrected chi connectivity index (χ3v) is 7.31. The number of aliphatic hydroxyl groups excluding tert-OH is 2. The van der Waals surface area contributed by atoms with Crippen molar-refractivity contribution in [1.82, 2.24) is 10.2 Å². The molecule has 41 heavy (non-hydrogen) atoms. The Bertz CT molecular complexity index is 1360. The number of ether oxygens (including phenoxy) is 5. The summed E-state index contributed by atoms with van der Waals surface area (Å²) in [6.45, 7) is 1.71.